The quantitative estimate of drug-likeness (QED) is 0.719. The van der Waals surface area contributed by atoms with Crippen molar-refractivity contribution < 1.29 is 14.3 Å². The molecule has 6 nitrogen and oxygen atoms in total. The second kappa shape index (κ2) is 7.70. The minimum atomic E-state index is -0.146. The highest BCUT2D eigenvalue weighted by Crippen LogP contribution is 2.27. The minimum absolute atomic E-state index is 0.146. The van der Waals surface area contributed by atoms with Crippen molar-refractivity contribution in [3.63, 3.8) is 0 Å². The fourth-order valence-electron chi connectivity index (χ4n) is 2.60. The van der Waals surface area contributed by atoms with Gasteiger partial charge in [0.05, 0.1) is 19.4 Å². The zero-order chi connectivity index (χ0) is 17.6. The lowest BCUT2D eigenvalue weighted by atomic mass is 10.2. The van der Waals surface area contributed by atoms with Gasteiger partial charge in [-0.15, -0.1) is 0 Å². The summed E-state index contributed by atoms with van der Waals surface area (Å²) in [5.41, 5.74) is 2.39. The van der Waals surface area contributed by atoms with E-state index < -0.39 is 0 Å². The molecular weight excluding hydrogens is 318 g/mol. The summed E-state index contributed by atoms with van der Waals surface area (Å²) in [6.07, 6.45) is 4.60. The van der Waals surface area contributed by atoms with E-state index in [-0.39, 0.29) is 5.91 Å². The molecule has 0 aliphatic heterocycles. The average molecular weight is 339 g/mol. The largest absolute Gasteiger partial charge is 0.493 e. The van der Waals surface area contributed by atoms with Gasteiger partial charge in [-0.2, -0.15) is 0 Å². The number of pyridine rings is 1. The monoisotopic (exact) mass is 339 g/mol. The molecule has 0 aliphatic carbocycles. The Morgan fingerprint density at radius 1 is 1.24 bits per heavy atom. The van der Waals surface area contributed by atoms with Crippen LogP contribution in [0, 0.1) is 0 Å². The molecule has 0 spiro atoms. The summed E-state index contributed by atoms with van der Waals surface area (Å²) in [6, 6.07) is 11.0. The molecule has 1 N–H and O–H groups in total. The van der Waals surface area contributed by atoms with Gasteiger partial charge in [0.2, 0.25) is 0 Å². The van der Waals surface area contributed by atoms with Crippen molar-refractivity contribution in [2.24, 2.45) is 0 Å². The highest BCUT2D eigenvalue weighted by molar-refractivity contribution is 5.94. The SMILES string of the molecule is CCOc1cc(C(=O)NCCc2cn3ccccc3n2)ccc1OC. The van der Waals surface area contributed by atoms with Gasteiger partial charge < -0.3 is 19.2 Å². The average Bonchev–Trinajstić information content (AvgIpc) is 3.04. The van der Waals surface area contributed by atoms with Crippen LogP contribution in [0.25, 0.3) is 5.65 Å². The number of carbonyl (C=O) groups excluding carboxylic acids is 1. The van der Waals surface area contributed by atoms with E-state index in [1.807, 2.05) is 41.9 Å². The molecule has 1 amide bonds. The maximum Gasteiger partial charge on any atom is 0.251 e. The molecule has 0 saturated heterocycles. The van der Waals surface area contributed by atoms with Gasteiger partial charge >= 0.3 is 0 Å². The molecule has 2 heterocycles. The van der Waals surface area contributed by atoms with E-state index in [9.17, 15) is 4.79 Å². The molecule has 3 aromatic rings. The number of imidazole rings is 1. The Balaban J connectivity index is 1.61. The first kappa shape index (κ1) is 16.8. The number of amides is 1. The Morgan fingerprint density at radius 3 is 2.88 bits per heavy atom. The third-order valence-electron chi connectivity index (χ3n) is 3.81. The van der Waals surface area contributed by atoms with Crippen molar-refractivity contribution in [2.45, 2.75) is 13.3 Å². The van der Waals surface area contributed by atoms with Crippen molar-refractivity contribution in [1.82, 2.24) is 14.7 Å². The summed E-state index contributed by atoms with van der Waals surface area (Å²) in [4.78, 5) is 16.8. The summed E-state index contributed by atoms with van der Waals surface area (Å²) < 4.78 is 12.7. The van der Waals surface area contributed by atoms with Gasteiger partial charge in [-0.05, 0) is 37.3 Å². The van der Waals surface area contributed by atoms with Crippen LogP contribution in [0.3, 0.4) is 0 Å². The molecule has 0 radical (unpaired) electrons. The molecule has 0 bridgehead atoms. The van der Waals surface area contributed by atoms with E-state index >= 15 is 0 Å². The van der Waals surface area contributed by atoms with Gasteiger partial charge in [-0.25, -0.2) is 4.98 Å². The minimum Gasteiger partial charge on any atom is -0.493 e. The third kappa shape index (κ3) is 3.91. The molecule has 0 aliphatic rings. The molecular formula is C19H21N3O3. The van der Waals surface area contributed by atoms with E-state index in [4.69, 9.17) is 9.47 Å². The molecule has 0 fully saturated rings. The standard InChI is InChI=1S/C19H21N3O3/c1-3-25-17-12-14(7-8-16(17)24-2)19(23)20-10-9-15-13-22-11-5-4-6-18(22)21-15/h4-8,11-13H,3,9-10H2,1-2H3,(H,20,23). The van der Waals surface area contributed by atoms with E-state index in [1.165, 1.54) is 0 Å². The van der Waals surface area contributed by atoms with Crippen LogP contribution < -0.4 is 14.8 Å². The maximum absolute atomic E-state index is 12.3. The first-order valence-electron chi connectivity index (χ1n) is 8.23. The van der Waals surface area contributed by atoms with Crippen molar-refractivity contribution in [3.05, 3.63) is 60.0 Å². The first-order valence-corrected chi connectivity index (χ1v) is 8.23. The van der Waals surface area contributed by atoms with Crippen LogP contribution in [0.15, 0.2) is 48.8 Å². The second-order valence-electron chi connectivity index (χ2n) is 5.50. The fourth-order valence-corrected chi connectivity index (χ4v) is 2.60. The van der Waals surface area contributed by atoms with Crippen molar-refractivity contribution >= 4 is 11.6 Å². The topological polar surface area (TPSA) is 64.9 Å². The lowest BCUT2D eigenvalue weighted by molar-refractivity contribution is 0.0953. The van der Waals surface area contributed by atoms with E-state index in [2.05, 4.69) is 10.3 Å². The highest BCUT2D eigenvalue weighted by atomic mass is 16.5. The van der Waals surface area contributed by atoms with Crippen LogP contribution in [0.1, 0.15) is 23.0 Å². The number of ether oxygens (including phenoxy) is 2. The van der Waals surface area contributed by atoms with Crippen LogP contribution in [0.4, 0.5) is 0 Å². The number of aromatic nitrogens is 2. The number of benzene rings is 1. The van der Waals surface area contributed by atoms with Crippen LogP contribution >= 0.6 is 0 Å². The van der Waals surface area contributed by atoms with E-state index in [0.717, 1.165) is 11.3 Å². The molecule has 2 aromatic heterocycles. The summed E-state index contributed by atoms with van der Waals surface area (Å²) in [5.74, 6) is 1.04. The van der Waals surface area contributed by atoms with Gasteiger partial charge in [0.15, 0.2) is 11.5 Å². The predicted molar refractivity (Wildman–Crippen MR) is 95.4 cm³/mol. The van der Waals surface area contributed by atoms with Gasteiger partial charge in [-0.3, -0.25) is 4.79 Å². The third-order valence-corrected chi connectivity index (χ3v) is 3.81. The summed E-state index contributed by atoms with van der Waals surface area (Å²) in [5, 5.41) is 2.91. The number of methoxy groups -OCH3 is 1. The Kier molecular flexibility index (Phi) is 5.18. The molecule has 0 saturated carbocycles. The van der Waals surface area contributed by atoms with Gasteiger partial charge in [-0.1, -0.05) is 6.07 Å². The number of fused-ring (bicyclic) bond motifs is 1. The Bertz CT molecular complexity index is 840. The molecule has 3 rings (SSSR count). The zero-order valence-electron chi connectivity index (χ0n) is 14.4. The smallest absolute Gasteiger partial charge is 0.251 e. The lowest BCUT2D eigenvalue weighted by Crippen LogP contribution is -2.25. The maximum atomic E-state index is 12.3. The molecule has 6 heteroatoms. The van der Waals surface area contributed by atoms with Crippen LogP contribution in [0.2, 0.25) is 0 Å². The number of hydrogen-bond donors (Lipinski definition) is 1. The van der Waals surface area contributed by atoms with E-state index in [0.29, 0.717) is 36.6 Å². The Morgan fingerprint density at radius 2 is 2.12 bits per heavy atom. The van der Waals surface area contributed by atoms with Crippen molar-refractivity contribution in [1.29, 1.82) is 0 Å². The van der Waals surface area contributed by atoms with Crippen LogP contribution in [-0.4, -0.2) is 35.6 Å². The number of nitrogens with one attached hydrogen (secondary N) is 1. The molecule has 25 heavy (non-hydrogen) atoms. The molecule has 130 valence electrons. The first-order chi connectivity index (χ1) is 12.2. The molecule has 0 atom stereocenters. The number of carbonyl (C=O) groups is 1. The lowest BCUT2D eigenvalue weighted by Gasteiger charge is -2.11. The second-order valence-corrected chi connectivity index (χ2v) is 5.50. The van der Waals surface area contributed by atoms with Crippen LogP contribution in [-0.2, 0) is 6.42 Å². The summed E-state index contributed by atoms with van der Waals surface area (Å²) >= 11 is 0. The fraction of sp³-hybridized carbons (Fsp3) is 0.263. The van der Waals surface area contributed by atoms with Gasteiger partial charge in [0.25, 0.3) is 5.91 Å². The number of nitrogens with zero attached hydrogens (tertiary/aromatic N) is 2. The molecule has 1 aromatic carbocycles. The van der Waals surface area contributed by atoms with Gasteiger partial charge in [0.1, 0.15) is 5.65 Å². The number of hydrogen-bond acceptors (Lipinski definition) is 4. The summed E-state index contributed by atoms with van der Waals surface area (Å²) in [6.45, 7) is 2.91. The summed E-state index contributed by atoms with van der Waals surface area (Å²) in [7, 11) is 1.58. The normalized spacial score (nSPS) is 10.6. The Labute approximate surface area is 146 Å². The highest BCUT2D eigenvalue weighted by Gasteiger charge is 2.11. The van der Waals surface area contributed by atoms with E-state index in [1.54, 1.807) is 25.3 Å². The zero-order valence-corrected chi connectivity index (χ0v) is 14.4. The van der Waals surface area contributed by atoms with Crippen molar-refractivity contribution in [3.8, 4) is 11.5 Å². The Hall–Kier alpha value is -3.02. The number of rotatable bonds is 7. The van der Waals surface area contributed by atoms with Crippen molar-refractivity contribution in [2.75, 3.05) is 20.3 Å². The molecule has 0 unspecified atom stereocenters. The van der Waals surface area contributed by atoms with Crippen LogP contribution in [0.5, 0.6) is 11.5 Å². The predicted octanol–water partition coefficient (Wildman–Crippen LogP) is 2.71. The van der Waals surface area contributed by atoms with Gasteiger partial charge in [0, 0.05) is 30.9 Å².